The Kier molecular flexibility index (Phi) is 8.96. The molecule has 0 saturated heterocycles. The lowest BCUT2D eigenvalue weighted by atomic mass is 10.3. The van der Waals surface area contributed by atoms with Crippen molar-refractivity contribution in [3.63, 3.8) is 0 Å². The third kappa shape index (κ3) is 6.36. The van der Waals surface area contributed by atoms with Crippen molar-refractivity contribution >= 4 is 21.6 Å². The molecule has 0 aliphatic heterocycles. The molecule has 0 aliphatic carbocycles. The van der Waals surface area contributed by atoms with Crippen LogP contribution >= 0.6 is 0 Å². The zero-order valence-corrected chi connectivity index (χ0v) is 20.9. The van der Waals surface area contributed by atoms with Gasteiger partial charge < -0.3 is 24.3 Å². The summed E-state index contributed by atoms with van der Waals surface area (Å²) in [4.78, 5) is 12.6. The zero-order valence-electron chi connectivity index (χ0n) is 20.1. The van der Waals surface area contributed by atoms with E-state index in [4.69, 9.17) is 18.9 Å². The topological polar surface area (TPSA) is 103 Å². The van der Waals surface area contributed by atoms with E-state index in [-0.39, 0.29) is 29.5 Å². The summed E-state index contributed by atoms with van der Waals surface area (Å²) in [6.45, 7) is -0.299. The number of halogens is 1. The Morgan fingerprint density at radius 1 is 0.861 bits per heavy atom. The summed E-state index contributed by atoms with van der Waals surface area (Å²) in [7, 11) is 0.0960. The van der Waals surface area contributed by atoms with Crippen LogP contribution in [-0.4, -0.2) is 55.4 Å². The van der Waals surface area contributed by atoms with Crippen LogP contribution in [-0.2, 0) is 14.8 Å². The van der Waals surface area contributed by atoms with E-state index in [1.807, 2.05) is 0 Å². The summed E-state index contributed by atoms with van der Waals surface area (Å²) >= 11 is 0. The van der Waals surface area contributed by atoms with E-state index in [0.29, 0.717) is 17.2 Å². The molecule has 0 saturated carbocycles. The predicted molar refractivity (Wildman–Crippen MR) is 132 cm³/mol. The van der Waals surface area contributed by atoms with Gasteiger partial charge in [-0.15, -0.1) is 0 Å². The van der Waals surface area contributed by atoms with Crippen molar-refractivity contribution in [2.24, 2.45) is 0 Å². The zero-order chi connectivity index (χ0) is 26.1. The van der Waals surface area contributed by atoms with Gasteiger partial charge in [-0.25, -0.2) is 12.8 Å². The number of methoxy groups -OCH3 is 3. The van der Waals surface area contributed by atoms with E-state index >= 15 is 0 Å². The van der Waals surface area contributed by atoms with E-state index < -0.39 is 28.3 Å². The fourth-order valence-corrected chi connectivity index (χ4v) is 4.74. The lowest BCUT2D eigenvalue weighted by Gasteiger charge is -2.24. The molecule has 36 heavy (non-hydrogen) atoms. The number of sulfonamides is 1. The number of nitrogens with zero attached hydrogens (tertiary/aromatic N) is 1. The lowest BCUT2D eigenvalue weighted by molar-refractivity contribution is -0.119. The monoisotopic (exact) mass is 518 g/mol. The summed E-state index contributed by atoms with van der Waals surface area (Å²) in [5.74, 6) is 0.492. The van der Waals surface area contributed by atoms with Gasteiger partial charge in [0.25, 0.3) is 10.0 Å². The van der Waals surface area contributed by atoms with Crippen molar-refractivity contribution in [2.75, 3.05) is 45.3 Å². The van der Waals surface area contributed by atoms with Gasteiger partial charge in [0.2, 0.25) is 5.91 Å². The molecule has 0 unspecified atom stereocenters. The first kappa shape index (κ1) is 26.6. The molecule has 0 bridgehead atoms. The molecular formula is C25H27FN2O7S. The highest BCUT2D eigenvalue weighted by atomic mass is 32.2. The average Bonchev–Trinajstić information content (AvgIpc) is 2.90. The van der Waals surface area contributed by atoms with Crippen LogP contribution in [0.4, 0.5) is 10.1 Å². The number of para-hydroxylation sites is 2. The Morgan fingerprint density at radius 3 is 2.11 bits per heavy atom. The number of anilines is 1. The second kappa shape index (κ2) is 12.1. The number of hydrogen-bond donors (Lipinski definition) is 1. The van der Waals surface area contributed by atoms with Crippen molar-refractivity contribution in [1.29, 1.82) is 0 Å². The number of nitrogens with one attached hydrogen (secondary N) is 1. The first-order valence-electron chi connectivity index (χ1n) is 10.8. The third-order valence-electron chi connectivity index (χ3n) is 5.10. The fourth-order valence-electron chi connectivity index (χ4n) is 3.30. The summed E-state index contributed by atoms with van der Waals surface area (Å²) in [6, 6.07) is 15.9. The summed E-state index contributed by atoms with van der Waals surface area (Å²) in [6.07, 6.45) is 0. The van der Waals surface area contributed by atoms with E-state index in [0.717, 1.165) is 16.4 Å². The minimum absolute atomic E-state index is 0.116. The van der Waals surface area contributed by atoms with Gasteiger partial charge in [0.05, 0.1) is 38.5 Å². The van der Waals surface area contributed by atoms with Crippen LogP contribution in [0.15, 0.2) is 71.6 Å². The molecule has 1 amide bonds. The van der Waals surface area contributed by atoms with Crippen LogP contribution in [0, 0.1) is 5.82 Å². The fraction of sp³-hybridized carbons (Fsp3) is 0.240. The van der Waals surface area contributed by atoms with Crippen molar-refractivity contribution < 1.29 is 36.6 Å². The number of carbonyl (C=O) groups excluding carboxylic acids is 1. The van der Waals surface area contributed by atoms with Crippen LogP contribution in [0.25, 0.3) is 0 Å². The normalized spacial score (nSPS) is 10.9. The number of rotatable bonds is 12. The Morgan fingerprint density at radius 2 is 1.47 bits per heavy atom. The molecule has 0 atom stereocenters. The van der Waals surface area contributed by atoms with Gasteiger partial charge in [0.1, 0.15) is 19.0 Å². The van der Waals surface area contributed by atoms with Gasteiger partial charge in [0, 0.05) is 6.07 Å². The molecular weight excluding hydrogens is 491 g/mol. The summed E-state index contributed by atoms with van der Waals surface area (Å²) in [5, 5.41) is 2.64. The Hall–Kier alpha value is -3.99. The SMILES string of the molecule is COc1ccc(S(=O)(=O)N(CC(=O)NCCOc2ccccc2OC)c2ccc(F)cc2)cc1OC. The van der Waals surface area contributed by atoms with Crippen LogP contribution in [0.5, 0.6) is 23.0 Å². The van der Waals surface area contributed by atoms with E-state index in [1.54, 1.807) is 24.3 Å². The van der Waals surface area contributed by atoms with Crippen LogP contribution in [0.3, 0.4) is 0 Å². The molecule has 9 nitrogen and oxygen atoms in total. The number of benzene rings is 3. The van der Waals surface area contributed by atoms with Gasteiger partial charge >= 0.3 is 0 Å². The smallest absolute Gasteiger partial charge is 0.264 e. The molecule has 0 fully saturated rings. The number of amides is 1. The largest absolute Gasteiger partial charge is 0.493 e. The highest BCUT2D eigenvalue weighted by Crippen LogP contribution is 2.32. The maximum Gasteiger partial charge on any atom is 0.264 e. The van der Waals surface area contributed by atoms with Crippen molar-refractivity contribution in [2.45, 2.75) is 4.90 Å². The van der Waals surface area contributed by atoms with E-state index in [2.05, 4.69) is 5.32 Å². The van der Waals surface area contributed by atoms with Crippen LogP contribution < -0.4 is 28.6 Å². The minimum Gasteiger partial charge on any atom is -0.493 e. The maximum atomic E-state index is 13.5. The van der Waals surface area contributed by atoms with Gasteiger partial charge in [-0.3, -0.25) is 9.10 Å². The number of carbonyl (C=O) groups is 1. The molecule has 0 heterocycles. The maximum absolute atomic E-state index is 13.5. The number of ether oxygens (including phenoxy) is 4. The molecule has 1 N–H and O–H groups in total. The predicted octanol–water partition coefficient (Wildman–Crippen LogP) is 3.24. The van der Waals surface area contributed by atoms with Crippen molar-refractivity contribution in [1.82, 2.24) is 5.32 Å². The van der Waals surface area contributed by atoms with Crippen LogP contribution in [0.2, 0.25) is 0 Å². The average molecular weight is 519 g/mol. The highest BCUT2D eigenvalue weighted by Gasteiger charge is 2.28. The van der Waals surface area contributed by atoms with Gasteiger partial charge in [0.15, 0.2) is 23.0 Å². The molecule has 0 radical (unpaired) electrons. The Labute approximate surface area is 209 Å². The minimum atomic E-state index is -4.24. The molecule has 3 rings (SSSR count). The quantitative estimate of drug-likeness (QED) is 0.367. The molecule has 0 aliphatic rings. The molecule has 3 aromatic rings. The summed E-state index contributed by atoms with van der Waals surface area (Å²) < 4.78 is 62.7. The third-order valence-corrected chi connectivity index (χ3v) is 6.87. The first-order valence-corrected chi connectivity index (χ1v) is 12.3. The second-order valence-corrected chi connectivity index (χ2v) is 9.22. The molecule has 0 spiro atoms. The van der Waals surface area contributed by atoms with Crippen LogP contribution in [0.1, 0.15) is 0 Å². The standard InChI is InChI=1S/C25H27FN2O7S/c1-32-21-6-4-5-7-23(21)35-15-14-27-25(29)17-28(19-10-8-18(26)9-11-19)36(30,31)20-12-13-22(33-2)24(16-20)34-3/h4-13,16H,14-15,17H2,1-3H3,(H,27,29). The molecule has 0 aromatic heterocycles. The molecule has 3 aromatic carbocycles. The Balaban J connectivity index is 1.76. The van der Waals surface area contributed by atoms with E-state index in [1.165, 1.54) is 51.7 Å². The van der Waals surface area contributed by atoms with Gasteiger partial charge in [-0.1, -0.05) is 12.1 Å². The van der Waals surface area contributed by atoms with Gasteiger partial charge in [-0.2, -0.15) is 0 Å². The van der Waals surface area contributed by atoms with Crippen molar-refractivity contribution in [3.8, 4) is 23.0 Å². The molecule has 192 valence electrons. The molecule has 11 heteroatoms. The van der Waals surface area contributed by atoms with Crippen molar-refractivity contribution in [3.05, 3.63) is 72.5 Å². The first-order chi connectivity index (χ1) is 17.3. The summed E-state index contributed by atoms with van der Waals surface area (Å²) in [5.41, 5.74) is 0.117. The van der Waals surface area contributed by atoms with Gasteiger partial charge in [-0.05, 0) is 48.5 Å². The Bertz CT molecular complexity index is 1280. The van der Waals surface area contributed by atoms with E-state index in [9.17, 15) is 17.6 Å². The second-order valence-electron chi connectivity index (χ2n) is 7.35. The highest BCUT2D eigenvalue weighted by molar-refractivity contribution is 7.92. The number of hydrogen-bond acceptors (Lipinski definition) is 7. The lowest BCUT2D eigenvalue weighted by Crippen LogP contribution is -2.42.